The molecule has 8 heteroatoms. The van der Waals surface area contributed by atoms with Crippen LogP contribution < -0.4 is 0 Å². The van der Waals surface area contributed by atoms with Gasteiger partial charge in [-0.05, 0) is 6.07 Å². The van der Waals surface area contributed by atoms with Gasteiger partial charge in [-0.2, -0.15) is 5.10 Å². The summed E-state index contributed by atoms with van der Waals surface area (Å²) in [6.45, 7) is 0.854. The molecule has 0 aliphatic heterocycles. The van der Waals surface area contributed by atoms with Crippen molar-refractivity contribution in [2.24, 2.45) is 0 Å². The molecule has 0 aliphatic rings. The monoisotopic (exact) mass is 263 g/mol. The minimum atomic E-state index is -1.11. The van der Waals surface area contributed by atoms with E-state index in [1.54, 1.807) is 0 Å². The first kappa shape index (κ1) is 12.7. The van der Waals surface area contributed by atoms with E-state index in [4.69, 9.17) is 5.11 Å². The smallest absolute Gasteiger partial charge is 0.325 e. The van der Waals surface area contributed by atoms with Crippen molar-refractivity contribution >= 4 is 28.3 Å². The van der Waals surface area contributed by atoms with Crippen molar-refractivity contribution in [3.05, 3.63) is 34.0 Å². The lowest BCUT2D eigenvalue weighted by molar-refractivity contribution is -0.384. The second-order valence-corrected chi connectivity index (χ2v) is 3.91. The summed E-state index contributed by atoms with van der Waals surface area (Å²) in [5, 5.41) is 23.6. The molecule has 0 bridgehead atoms. The number of non-ortho nitro benzene ring substituents is 1. The fraction of sp³-hybridized carbons (Fsp3) is 0.182. The number of Topliss-reactive ketones (excluding diaryl/α,β-unsaturated/α-hetero) is 1. The number of fused-ring (bicyclic) bond motifs is 1. The number of hydrogen-bond acceptors (Lipinski definition) is 5. The summed E-state index contributed by atoms with van der Waals surface area (Å²) < 4.78 is 1.14. The Kier molecular flexibility index (Phi) is 2.99. The summed E-state index contributed by atoms with van der Waals surface area (Å²) in [4.78, 5) is 32.3. The number of hydrogen-bond donors (Lipinski definition) is 1. The Hall–Kier alpha value is -2.77. The zero-order chi connectivity index (χ0) is 14.2. The zero-order valence-electron chi connectivity index (χ0n) is 9.86. The Balaban J connectivity index is 2.71. The number of aromatic nitrogens is 2. The fourth-order valence-electron chi connectivity index (χ4n) is 1.79. The van der Waals surface area contributed by atoms with E-state index in [9.17, 15) is 19.7 Å². The van der Waals surface area contributed by atoms with Gasteiger partial charge in [0.25, 0.3) is 5.69 Å². The number of nitrogens with zero attached hydrogens (tertiary/aromatic N) is 3. The number of nitro benzene ring substituents is 1. The Labute approximate surface area is 106 Å². The first-order valence-electron chi connectivity index (χ1n) is 5.28. The number of benzene rings is 1. The van der Waals surface area contributed by atoms with Gasteiger partial charge >= 0.3 is 5.97 Å². The van der Waals surface area contributed by atoms with Gasteiger partial charge < -0.3 is 5.11 Å². The standard InChI is InChI=1S/C11H9N3O5/c1-6(15)11-8-4-7(14(18)19)2-3-9(8)13(12-11)5-10(16)17/h2-4H,5H2,1H3,(H,16,17). The van der Waals surface area contributed by atoms with Crippen LogP contribution in [0.1, 0.15) is 17.4 Å². The van der Waals surface area contributed by atoms with E-state index in [1.807, 2.05) is 0 Å². The molecule has 1 aromatic carbocycles. The second kappa shape index (κ2) is 4.48. The van der Waals surface area contributed by atoms with Crippen molar-refractivity contribution in [3.8, 4) is 0 Å². The first-order chi connectivity index (χ1) is 8.90. The van der Waals surface area contributed by atoms with Crippen LogP contribution in [0.2, 0.25) is 0 Å². The molecule has 0 amide bonds. The van der Waals surface area contributed by atoms with Crippen LogP contribution >= 0.6 is 0 Å². The van der Waals surface area contributed by atoms with Crippen molar-refractivity contribution < 1.29 is 19.6 Å². The third-order valence-electron chi connectivity index (χ3n) is 2.56. The number of rotatable bonds is 4. The molecule has 1 N–H and O–H groups in total. The van der Waals surface area contributed by atoms with E-state index in [1.165, 1.54) is 25.1 Å². The molecule has 0 atom stereocenters. The van der Waals surface area contributed by atoms with Gasteiger partial charge in [0.05, 0.1) is 10.4 Å². The lowest BCUT2D eigenvalue weighted by Crippen LogP contribution is -2.10. The van der Waals surface area contributed by atoms with Gasteiger partial charge in [0, 0.05) is 24.4 Å². The van der Waals surface area contributed by atoms with Crippen molar-refractivity contribution in [1.29, 1.82) is 0 Å². The largest absolute Gasteiger partial charge is 0.480 e. The van der Waals surface area contributed by atoms with Crippen molar-refractivity contribution in [1.82, 2.24) is 9.78 Å². The Morgan fingerprint density at radius 3 is 2.68 bits per heavy atom. The van der Waals surface area contributed by atoms with Gasteiger partial charge in [0.1, 0.15) is 12.2 Å². The number of carboxylic acids is 1. The number of ketones is 1. The van der Waals surface area contributed by atoms with Crippen LogP contribution in [0.3, 0.4) is 0 Å². The maximum Gasteiger partial charge on any atom is 0.325 e. The third-order valence-corrected chi connectivity index (χ3v) is 2.56. The van der Waals surface area contributed by atoms with Crippen molar-refractivity contribution in [3.63, 3.8) is 0 Å². The molecule has 0 radical (unpaired) electrons. The highest BCUT2D eigenvalue weighted by Gasteiger charge is 2.18. The average Bonchev–Trinajstić information content (AvgIpc) is 2.66. The summed E-state index contributed by atoms with van der Waals surface area (Å²) in [6, 6.07) is 3.85. The molecule has 1 heterocycles. The summed E-state index contributed by atoms with van der Waals surface area (Å²) in [5.41, 5.74) is 0.225. The highest BCUT2D eigenvalue weighted by molar-refractivity contribution is 6.05. The summed E-state index contributed by atoms with van der Waals surface area (Å²) >= 11 is 0. The molecule has 98 valence electrons. The van der Waals surface area contributed by atoms with Crippen LogP contribution in [-0.4, -0.2) is 31.6 Å². The third kappa shape index (κ3) is 2.28. The van der Waals surface area contributed by atoms with E-state index in [-0.39, 0.29) is 22.6 Å². The highest BCUT2D eigenvalue weighted by atomic mass is 16.6. The van der Waals surface area contributed by atoms with Gasteiger partial charge in [-0.1, -0.05) is 0 Å². The number of nitro groups is 1. The summed E-state index contributed by atoms with van der Waals surface area (Å²) in [6.07, 6.45) is 0. The molecule has 8 nitrogen and oxygen atoms in total. The predicted molar refractivity (Wildman–Crippen MR) is 64.0 cm³/mol. The highest BCUT2D eigenvalue weighted by Crippen LogP contribution is 2.24. The molecular formula is C11H9N3O5. The van der Waals surface area contributed by atoms with E-state index in [0.29, 0.717) is 5.52 Å². The predicted octanol–water partition coefficient (Wildman–Crippen LogP) is 1.23. The van der Waals surface area contributed by atoms with Crippen LogP contribution in [0.15, 0.2) is 18.2 Å². The van der Waals surface area contributed by atoms with Gasteiger partial charge in [0.2, 0.25) is 0 Å². The molecule has 0 aliphatic carbocycles. The lowest BCUT2D eigenvalue weighted by Gasteiger charge is -1.98. The minimum absolute atomic E-state index is 0.0277. The molecule has 2 aromatic rings. The maximum atomic E-state index is 11.4. The topological polar surface area (TPSA) is 115 Å². The molecule has 0 spiro atoms. The molecule has 2 rings (SSSR count). The molecule has 1 aromatic heterocycles. The number of carboxylic acid groups (broad SMARTS) is 1. The van der Waals surface area contributed by atoms with Crippen molar-refractivity contribution in [2.75, 3.05) is 0 Å². The quantitative estimate of drug-likeness (QED) is 0.504. The van der Waals surface area contributed by atoms with E-state index in [0.717, 1.165) is 4.68 Å². The average molecular weight is 263 g/mol. The van der Waals surface area contributed by atoms with Gasteiger partial charge in [-0.25, -0.2) is 0 Å². The molecule has 0 fully saturated rings. The van der Waals surface area contributed by atoms with Crippen LogP contribution in [0.4, 0.5) is 5.69 Å². The van der Waals surface area contributed by atoms with Crippen molar-refractivity contribution in [2.45, 2.75) is 13.5 Å². The van der Waals surface area contributed by atoms with Crippen LogP contribution in [-0.2, 0) is 11.3 Å². The fourth-order valence-corrected chi connectivity index (χ4v) is 1.79. The first-order valence-corrected chi connectivity index (χ1v) is 5.28. The SMILES string of the molecule is CC(=O)c1nn(CC(=O)O)c2ccc([N+](=O)[O-])cc12. The molecule has 19 heavy (non-hydrogen) atoms. The second-order valence-electron chi connectivity index (χ2n) is 3.91. The van der Waals surface area contributed by atoms with Gasteiger partial charge in [0.15, 0.2) is 5.78 Å². The number of aliphatic carboxylic acids is 1. The normalized spacial score (nSPS) is 10.6. The van der Waals surface area contributed by atoms with Crippen LogP contribution in [0.5, 0.6) is 0 Å². The van der Waals surface area contributed by atoms with Crippen LogP contribution in [0.25, 0.3) is 10.9 Å². The molecule has 0 saturated heterocycles. The minimum Gasteiger partial charge on any atom is -0.480 e. The van der Waals surface area contributed by atoms with E-state index in [2.05, 4.69) is 5.10 Å². The molecule has 0 unspecified atom stereocenters. The molecular weight excluding hydrogens is 254 g/mol. The van der Waals surface area contributed by atoms with E-state index >= 15 is 0 Å². The zero-order valence-corrected chi connectivity index (χ0v) is 9.86. The summed E-state index contributed by atoms with van der Waals surface area (Å²) in [7, 11) is 0. The lowest BCUT2D eigenvalue weighted by atomic mass is 10.1. The Morgan fingerprint density at radius 2 is 2.16 bits per heavy atom. The Morgan fingerprint density at radius 1 is 1.47 bits per heavy atom. The molecule has 0 saturated carbocycles. The maximum absolute atomic E-state index is 11.4. The Bertz CT molecular complexity index is 704. The van der Waals surface area contributed by atoms with Gasteiger partial charge in [-0.3, -0.25) is 24.4 Å². The van der Waals surface area contributed by atoms with Crippen LogP contribution in [0, 0.1) is 10.1 Å². The number of carbonyl (C=O) groups excluding carboxylic acids is 1. The van der Waals surface area contributed by atoms with Gasteiger partial charge in [-0.15, -0.1) is 0 Å². The summed E-state index contributed by atoms with van der Waals surface area (Å²) in [5.74, 6) is -1.49. The van der Waals surface area contributed by atoms with E-state index < -0.39 is 17.4 Å². The number of carbonyl (C=O) groups is 2.